The minimum atomic E-state index is 0.0810. The molecule has 1 aliphatic carbocycles. The maximum absolute atomic E-state index is 12.9. The number of aliphatic hydroxyl groups is 1. The van der Waals surface area contributed by atoms with Crippen LogP contribution < -0.4 is 9.64 Å². The van der Waals surface area contributed by atoms with Gasteiger partial charge in [0.15, 0.2) is 0 Å². The molecule has 5 rings (SSSR count). The molecule has 3 heterocycles. The monoisotopic (exact) mass is 504 g/mol. The van der Waals surface area contributed by atoms with Crippen LogP contribution in [-0.2, 0) is 11.2 Å². The van der Waals surface area contributed by atoms with Gasteiger partial charge in [-0.2, -0.15) is 0 Å². The number of hydrogen-bond acceptors (Lipinski definition) is 6. The van der Waals surface area contributed by atoms with Gasteiger partial charge in [-0.15, -0.1) is 0 Å². The van der Waals surface area contributed by atoms with E-state index >= 15 is 0 Å². The second kappa shape index (κ2) is 12.1. The van der Waals surface area contributed by atoms with E-state index in [2.05, 4.69) is 52.1 Å². The molecular formula is C30H40N4O3. The summed E-state index contributed by atoms with van der Waals surface area (Å²) in [5.74, 6) is 2.91. The summed E-state index contributed by atoms with van der Waals surface area (Å²) >= 11 is 0. The number of benzene rings is 1. The molecule has 2 atom stereocenters. The van der Waals surface area contributed by atoms with Gasteiger partial charge in [-0.3, -0.25) is 4.79 Å². The van der Waals surface area contributed by atoms with Crippen LogP contribution in [0.2, 0.25) is 0 Å². The zero-order valence-electron chi connectivity index (χ0n) is 22.0. The van der Waals surface area contributed by atoms with Crippen LogP contribution in [0.3, 0.4) is 0 Å². The normalized spacial score (nSPS) is 22.7. The van der Waals surface area contributed by atoms with E-state index in [0.29, 0.717) is 12.5 Å². The van der Waals surface area contributed by atoms with Gasteiger partial charge in [0.2, 0.25) is 11.9 Å². The molecule has 1 aromatic heterocycles. The second-order valence-electron chi connectivity index (χ2n) is 10.8. The Hall–Kier alpha value is -2.93. The van der Waals surface area contributed by atoms with Crippen LogP contribution in [0.15, 0.2) is 42.7 Å². The Morgan fingerprint density at radius 2 is 1.76 bits per heavy atom. The molecule has 2 aromatic rings. The Labute approximate surface area is 220 Å². The fraction of sp³-hybridized carbons (Fsp3) is 0.567. The van der Waals surface area contributed by atoms with Crippen molar-refractivity contribution in [3.05, 3.63) is 53.9 Å². The fourth-order valence-corrected chi connectivity index (χ4v) is 5.73. The van der Waals surface area contributed by atoms with Crippen LogP contribution in [0.25, 0.3) is 5.57 Å². The smallest absolute Gasteiger partial charge is 0.226 e. The molecule has 1 aromatic carbocycles. The molecule has 7 heteroatoms. The van der Waals surface area contributed by atoms with E-state index in [0.717, 1.165) is 82.9 Å². The Morgan fingerprint density at radius 3 is 2.38 bits per heavy atom. The number of nitrogens with zero attached hydrogens (tertiary/aromatic N) is 4. The van der Waals surface area contributed by atoms with E-state index in [1.807, 2.05) is 17.3 Å². The van der Waals surface area contributed by atoms with Crippen LogP contribution >= 0.6 is 0 Å². The molecule has 3 aliphatic rings. The highest BCUT2D eigenvalue weighted by molar-refractivity contribution is 5.81. The Bertz CT molecular complexity index is 1060. The standard InChI is InChI=1S/C30H40N4O3/c1-2-22-17-31-30(32-18-22)33-14-11-23(12-15-33)21-37-28-9-7-26(8-10-28)25-3-5-27(6-4-25)29(36)34-16-13-24(19-34)20-35/h3,7-10,17-18,23-24,27,35H,2,4-6,11-16,19-21H2,1H3/t24-,27?/m1/s1. The average molecular weight is 505 g/mol. The number of aliphatic hydroxyl groups excluding tert-OH is 1. The summed E-state index contributed by atoms with van der Waals surface area (Å²) in [7, 11) is 0. The number of carbonyl (C=O) groups is 1. The van der Waals surface area contributed by atoms with Gasteiger partial charge in [0.25, 0.3) is 0 Å². The molecule has 7 nitrogen and oxygen atoms in total. The van der Waals surface area contributed by atoms with Gasteiger partial charge in [0.1, 0.15) is 5.75 Å². The number of hydrogen-bond donors (Lipinski definition) is 1. The number of amides is 1. The highest BCUT2D eigenvalue weighted by Crippen LogP contribution is 2.33. The predicted molar refractivity (Wildman–Crippen MR) is 145 cm³/mol. The molecule has 37 heavy (non-hydrogen) atoms. The molecule has 1 N–H and O–H groups in total. The first-order chi connectivity index (χ1) is 18.1. The van der Waals surface area contributed by atoms with Crippen molar-refractivity contribution < 1.29 is 14.6 Å². The lowest BCUT2D eigenvalue weighted by molar-refractivity contribution is -0.134. The summed E-state index contributed by atoms with van der Waals surface area (Å²) < 4.78 is 6.15. The summed E-state index contributed by atoms with van der Waals surface area (Å²) in [6.07, 6.45) is 12.8. The number of likely N-dealkylation sites (tertiary alicyclic amines) is 1. The number of piperidine rings is 1. The van der Waals surface area contributed by atoms with Crippen molar-refractivity contribution in [3.63, 3.8) is 0 Å². The summed E-state index contributed by atoms with van der Waals surface area (Å²) in [5.41, 5.74) is 3.72. The lowest BCUT2D eigenvalue weighted by Crippen LogP contribution is -2.36. The molecule has 2 aliphatic heterocycles. The quantitative estimate of drug-likeness (QED) is 0.576. The highest BCUT2D eigenvalue weighted by atomic mass is 16.5. The van der Waals surface area contributed by atoms with Crippen molar-refractivity contribution in [2.75, 3.05) is 44.3 Å². The molecule has 0 bridgehead atoms. The molecule has 0 spiro atoms. The third-order valence-corrected chi connectivity index (χ3v) is 8.32. The van der Waals surface area contributed by atoms with Gasteiger partial charge in [-0.1, -0.05) is 25.1 Å². The van der Waals surface area contributed by atoms with Gasteiger partial charge < -0.3 is 19.6 Å². The zero-order valence-corrected chi connectivity index (χ0v) is 22.0. The minimum absolute atomic E-state index is 0.0810. The number of rotatable bonds is 8. The number of ether oxygens (including phenoxy) is 1. The average Bonchev–Trinajstić information content (AvgIpc) is 3.46. The van der Waals surface area contributed by atoms with E-state index in [-0.39, 0.29) is 24.3 Å². The van der Waals surface area contributed by atoms with Gasteiger partial charge in [-0.05, 0) is 79.7 Å². The van der Waals surface area contributed by atoms with Crippen LogP contribution in [0.1, 0.15) is 56.6 Å². The summed E-state index contributed by atoms with van der Waals surface area (Å²) in [4.78, 5) is 26.1. The first kappa shape index (κ1) is 25.7. The number of carbonyl (C=O) groups excluding carboxylic acids is 1. The van der Waals surface area contributed by atoms with Gasteiger partial charge in [0, 0.05) is 57.0 Å². The third kappa shape index (κ3) is 6.32. The van der Waals surface area contributed by atoms with Gasteiger partial charge in [0.05, 0.1) is 6.61 Å². The van der Waals surface area contributed by atoms with E-state index in [1.54, 1.807) is 0 Å². The molecule has 1 amide bonds. The first-order valence-electron chi connectivity index (χ1n) is 14.0. The largest absolute Gasteiger partial charge is 0.493 e. The van der Waals surface area contributed by atoms with Gasteiger partial charge >= 0.3 is 0 Å². The number of aryl methyl sites for hydroxylation is 1. The minimum Gasteiger partial charge on any atom is -0.493 e. The van der Waals surface area contributed by atoms with E-state index in [4.69, 9.17) is 4.74 Å². The Kier molecular flexibility index (Phi) is 8.39. The van der Waals surface area contributed by atoms with E-state index in [9.17, 15) is 9.90 Å². The molecule has 1 unspecified atom stereocenters. The molecule has 198 valence electrons. The first-order valence-corrected chi connectivity index (χ1v) is 14.0. The van der Waals surface area contributed by atoms with Crippen LogP contribution in [0.4, 0.5) is 5.95 Å². The van der Waals surface area contributed by atoms with Crippen molar-refractivity contribution in [1.29, 1.82) is 0 Å². The molecule has 2 saturated heterocycles. The zero-order chi connectivity index (χ0) is 25.6. The fourth-order valence-electron chi connectivity index (χ4n) is 5.73. The third-order valence-electron chi connectivity index (χ3n) is 8.32. The van der Waals surface area contributed by atoms with Crippen molar-refractivity contribution in [1.82, 2.24) is 14.9 Å². The van der Waals surface area contributed by atoms with E-state index < -0.39 is 0 Å². The summed E-state index contributed by atoms with van der Waals surface area (Å²) in [5, 5.41) is 9.36. The maximum Gasteiger partial charge on any atom is 0.226 e. The SMILES string of the molecule is CCc1cnc(N2CCC(COc3ccc(C4=CCC(C(=O)N5CC[C@@H](CO)C5)CC4)cc3)CC2)nc1. The lowest BCUT2D eigenvalue weighted by Gasteiger charge is -2.31. The van der Waals surface area contributed by atoms with Crippen molar-refractivity contribution in [2.45, 2.75) is 51.9 Å². The second-order valence-corrected chi connectivity index (χ2v) is 10.8. The van der Waals surface area contributed by atoms with Crippen molar-refractivity contribution in [3.8, 4) is 5.75 Å². The highest BCUT2D eigenvalue weighted by Gasteiger charge is 2.31. The van der Waals surface area contributed by atoms with Crippen LogP contribution in [0, 0.1) is 17.8 Å². The molecule has 0 radical (unpaired) electrons. The van der Waals surface area contributed by atoms with Crippen LogP contribution in [-0.4, -0.2) is 65.3 Å². The maximum atomic E-state index is 12.9. The molecule has 2 fully saturated rings. The lowest BCUT2D eigenvalue weighted by atomic mass is 9.86. The predicted octanol–water partition coefficient (Wildman–Crippen LogP) is 4.36. The van der Waals surface area contributed by atoms with E-state index in [1.165, 1.54) is 16.7 Å². The Morgan fingerprint density at radius 1 is 1.03 bits per heavy atom. The van der Waals surface area contributed by atoms with Crippen molar-refractivity contribution >= 4 is 17.4 Å². The van der Waals surface area contributed by atoms with Crippen molar-refractivity contribution in [2.24, 2.45) is 17.8 Å². The summed E-state index contributed by atoms with van der Waals surface area (Å²) in [6.45, 7) is 6.48. The summed E-state index contributed by atoms with van der Waals surface area (Å²) in [6, 6.07) is 8.45. The topological polar surface area (TPSA) is 78.8 Å². The molecular weight excluding hydrogens is 464 g/mol. The molecule has 0 saturated carbocycles. The Balaban J connectivity index is 1.06. The van der Waals surface area contributed by atoms with Gasteiger partial charge in [-0.25, -0.2) is 9.97 Å². The number of allylic oxidation sites excluding steroid dienone is 2. The van der Waals surface area contributed by atoms with Crippen LogP contribution in [0.5, 0.6) is 5.75 Å². The number of aromatic nitrogens is 2. The number of anilines is 1.